The zero-order valence-corrected chi connectivity index (χ0v) is 16.2. The lowest BCUT2D eigenvalue weighted by molar-refractivity contribution is 0.277. The van der Waals surface area contributed by atoms with Crippen LogP contribution >= 0.6 is 0 Å². The van der Waals surface area contributed by atoms with Crippen LogP contribution in [0.1, 0.15) is 45.4 Å². The third-order valence-corrected chi connectivity index (χ3v) is 6.03. The molecule has 0 bridgehead atoms. The molecule has 0 spiro atoms. The van der Waals surface area contributed by atoms with E-state index in [9.17, 15) is 9.59 Å². The van der Waals surface area contributed by atoms with Gasteiger partial charge in [-0.1, -0.05) is 26.2 Å². The molecule has 8 heteroatoms. The van der Waals surface area contributed by atoms with Crippen LogP contribution in [0.25, 0.3) is 11.2 Å². The molecular formula is C19H29N5O3. The van der Waals surface area contributed by atoms with Crippen LogP contribution in [0.2, 0.25) is 0 Å². The molecule has 1 fully saturated rings. The van der Waals surface area contributed by atoms with Gasteiger partial charge in [-0.05, 0) is 25.2 Å². The van der Waals surface area contributed by atoms with Crippen molar-refractivity contribution in [2.24, 2.45) is 13.0 Å². The average molecular weight is 375 g/mol. The normalized spacial score (nSPS) is 21.0. The summed E-state index contributed by atoms with van der Waals surface area (Å²) in [4.78, 5) is 32.9. The lowest BCUT2D eigenvalue weighted by atomic mass is 9.93. The molecule has 1 aliphatic carbocycles. The molecule has 8 nitrogen and oxygen atoms in total. The number of hydrogen-bond donors (Lipinski definition) is 1. The summed E-state index contributed by atoms with van der Waals surface area (Å²) >= 11 is 0. The molecule has 27 heavy (non-hydrogen) atoms. The van der Waals surface area contributed by atoms with E-state index in [0.29, 0.717) is 29.5 Å². The minimum absolute atomic E-state index is 0.0510. The van der Waals surface area contributed by atoms with E-state index in [-0.39, 0.29) is 24.4 Å². The molecule has 2 aliphatic rings. The Morgan fingerprint density at radius 3 is 2.59 bits per heavy atom. The number of aliphatic hydroxyl groups is 1. The van der Waals surface area contributed by atoms with E-state index in [1.807, 2.05) is 4.57 Å². The first kappa shape index (κ1) is 18.3. The van der Waals surface area contributed by atoms with Crippen molar-refractivity contribution in [2.75, 3.05) is 18.1 Å². The Morgan fingerprint density at radius 1 is 1.15 bits per heavy atom. The van der Waals surface area contributed by atoms with E-state index in [4.69, 9.17) is 10.1 Å². The zero-order valence-electron chi connectivity index (χ0n) is 16.2. The minimum atomic E-state index is -0.367. The number of rotatable bonds is 4. The molecule has 1 aliphatic heterocycles. The summed E-state index contributed by atoms with van der Waals surface area (Å²) in [5.74, 6) is 1.25. The number of nitrogens with zero attached hydrogens (tertiary/aromatic N) is 5. The van der Waals surface area contributed by atoms with Gasteiger partial charge in [-0.25, -0.2) is 4.79 Å². The maximum Gasteiger partial charge on any atom is 0.332 e. The van der Waals surface area contributed by atoms with Crippen molar-refractivity contribution in [3.63, 3.8) is 0 Å². The highest BCUT2D eigenvalue weighted by Crippen LogP contribution is 2.32. The molecule has 2 aromatic rings. The summed E-state index contributed by atoms with van der Waals surface area (Å²) in [7, 11) is 1.67. The van der Waals surface area contributed by atoms with E-state index in [1.165, 1.54) is 28.4 Å². The van der Waals surface area contributed by atoms with Crippen molar-refractivity contribution in [1.29, 1.82) is 0 Å². The third kappa shape index (κ3) is 2.99. The first-order valence-electron chi connectivity index (χ1n) is 10.1. The minimum Gasteiger partial charge on any atom is -0.396 e. The van der Waals surface area contributed by atoms with Crippen LogP contribution < -0.4 is 16.1 Å². The van der Waals surface area contributed by atoms with E-state index < -0.39 is 0 Å². The van der Waals surface area contributed by atoms with Gasteiger partial charge in [0.25, 0.3) is 5.56 Å². The topological polar surface area (TPSA) is 85.3 Å². The van der Waals surface area contributed by atoms with Crippen LogP contribution in [0, 0.1) is 5.92 Å². The number of aliphatic hydroxyl groups excluding tert-OH is 1. The van der Waals surface area contributed by atoms with Crippen LogP contribution in [0.4, 0.5) is 5.95 Å². The van der Waals surface area contributed by atoms with Gasteiger partial charge in [0, 0.05) is 39.3 Å². The first-order chi connectivity index (χ1) is 13.0. The third-order valence-electron chi connectivity index (χ3n) is 6.03. The fourth-order valence-electron chi connectivity index (χ4n) is 4.67. The van der Waals surface area contributed by atoms with Crippen LogP contribution in [-0.2, 0) is 20.1 Å². The number of imidazole rings is 1. The Kier molecular flexibility index (Phi) is 4.84. The molecule has 3 heterocycles. The number of fused-ring (bicyclic) bond motifs is 3. The van der Waals surface area contributed by atoms with Gasteiger partial charge in [-0.3, -0.25) is 13.9 Å². The Hall–Kier alpha value is -2.09. The molecule has 1 atom stereocenters. The highest BCUT2D eigenvalue weighted by Gasteiger charge is 2.33. The highest BCUT2D eigenvalue weighted by molar-refractivity contribution is 5.75. The van der Waals surface area contributed by atoms with Crippen LogP contribution in [-0.4, -0.2) is 43.0 Å². The van der Waals surface area contributed by atoms with E-state index in [2.05, 4.69) is 11.8 Å². The fraction of sp³-hybridized carbons (Fsp3) is 0.737. The number of aromatic nitrogens is 4. The smallest absolute Gasteiger partial charge is 0.332 e. The van der Waals surface area contributed by atoms with Crippen molar-refractivity contribution >= 4 is 17.1 Å². The van der Waals surface area contributed by atoms with Gasteiger partial charge in [0.2, 0.25) is 5.95 Å². The molecule has 148 valence electrons. The van der Waals surface area contributed by atoms with E-state index in [0.717, 1.165) is 31.9 Å². The van der Waals surface area contributed by atoms with E-state index in [1.54, 1.807) is 7.05 Å². The van der Waals surface area contributed by atoms with Crippen LogP contribution in [0.5, 0.6) is 0 Å². The van der Waals surface area contributed by atoms with Crippen molar-refractivity contribution in [1.82, 2.24) is 18.7 Å². The standard InChI is InChI=1S/C19H29N5O3/c1-13-11-23(14-7-4-3-5-8-14)18-20-16-15(24(18)12-13)17(26)22(9-6-10-25)19(27)21(16)2/h13-14,25H,3-12H2,1-2H3/t13-/m1/s1. The van der Waals surface area contributed by atoms with E-state index >= 15 is 0 Å². The second-order valence-corrected chi connectivity index (χ2v) is 8.12. The molecule has 0 aromatic carbocycles. The Morgan fingerprint density at radius 2 is 1.89 bits per heavy atom. The first-order valence-corrected chi connectivity index (χ1v) is 10.1. The SMILES string of the molecule is C[C@@H]1CN(C2CCCCC2)c2nc3c(c(=O)n(CCCO)c(=O)n3C)n2C1. The second kappa shape index (κ2) is 7.14. The molecule has 1 saturated carbocycles. The molecule has 0 radical (unpaired) electrons. The summed E-state index contributed by atoms with van der Waals surface area (Å²) in [5.41, 5.74) is 0.319. The van der Waals surface area contributed by atoms with Crippen LogP contribution in [0.15, 0.2) is 9.59 Å². The van der Waals surface area contributed by atoms with Crippen molar-refractivity contribution in [2.45, 2.75) is 64.6 Å². The Balaban J connectivity index is 1.90. The monoisotopic (exact) mass is 375 g/mol. The summed E-state index contributed by atoms with van der Waals surface area (Å²) in [6, 6.07) is 0.464. The molecule has 0 amide bonds. The largest absolute Gasteiger partial charge is 0.396 e. The van der Waals surface area contributed by atoms with Gasteiger partial charge in [-0.15, -0.1) is 0 Å². The maximum atomic E-state index is 13.1. The van der Waals surface area contributed by atoms with Crippen molar-refractivity contribution in [3.8, 4) is 0 Å². The predicted molar refractivity (Wildman–Crippen MR) is 104 cm³/mol. The molecule has 0 unspecified atom stereocenters. The molecule has 1 N–H and O–H groups in total. The number of aryl methyl sites for hydroxylation is 1. The number of hydrogen-bond acceptors (Lipinski definition) is 5. The summed E-state index contributed by atoms with van der Waals surface area (Å²) in [5, 5.41) is 9.11. The molecule has 4 rings (SSSR count). The van der Waals surface area contributed by atoms with Gasteiger partial charge in [0.05, 0.1) is 0 Å². The fourth-order valence-corrected chi connectivity index (χ4v) is 4.67. The van der Waals surface area contributed by atoms with Gasteiger partial charge in [-0.2, -0.15) is 4.98 Å². The highest BCUT2D eigenvalue weighted by atomic mass is 16.3. The quantitative estimate of drug-likeness (QED) is 0.864. The molecule has 0 saturated heterocycles. The summed E-state index contributed by atoms with van der Waals surface area (Å²) in [6.07, 6.45) is 6.47. The lowest BCUT2D eigenvalue weighted by Crippen LogP contribution is -2.45. The predicted octanol–water partition coefficient (Wildman–Crippen LogP) is 1.07. The number of anilines is 1. The van der Waals surface area contributed by atoms with Gasteiger partial charge in [0.1, 0.15) is 0 Å². The summed E-state index contributed by atoms with van der Waals surface area (Å²) in [6.45, 7) is 4.06. The Labute approximate surface area is 158 Å². The van der Waals surface area contributed by atoms with Crippen LogP contribution in [0.3, 0.4) is 0 Å². The maximum absolute atomic E-state index is 13.1. The van der Waals surface area contributed by atoms with Crippen molar-refractivity contribution < 1.29 is 5.11 Å². The second-order valence-electron chi connectivity index (χ2n) is 8.12. The molecule has 2 aromatic heterocycles. The average Bonchev–Trinajstić information content (AvgIpc) is 3.06. The lowest BCUT2D eigenvalue weighted by Gasteiger charge is -2.40. The Bertz CT molecular complexity index is 951. The van der Waals surface area contributed by atoms with Gasteiger partial charge >= 0.3 is 5.69 Å². The van der Waals surface area contributed by atoms with Gasteiger partial charge < -0.3 is 14.6 Å². The zero-order chi connectivity index (χ0) is 19.1. The summed E-state index contributed by atoms with van der Waals surface area (Å²) < 4.78 is 4.73. The molecular weight excluding hydrogens is 346 g/mol. The van der Waals surface area contributed by atoms with Crippen molar-refractivity contribution in [3.05, 3.63) is 20.8 Å². The van der Waals surface area contributed by atoms with Gasteiger partial charge in [0.15, 0.2) is 11.2 Å².